The van der Waals surface area contributed by atoms with Gasteiger partial charge < -0.3 is 10.4 Å². The SMILES string of the molecule is CC(C)(C)c1ccc(CNCCCC(=O)O)cc1.Cl. The van der Waals surface area contributed by atoms with E-state index >= 15 is 0 Å². The van der Waals surface area contributed by atoms with Gasteiger partial charge in [0.25, 0.3) is 0 Å². The normalized spacial score (nSPS) is 10.9. The molecule has 0 atom stereocenters. The molecule has 0 radical (unpaired) electrons. The first-order chi connectivity index (χ1) is 8.39. The average Bonchev–Trinajstić information content (AvgIpc) is 2.27. The zero-order chi connectivity index (χ0) is 13.6. The largest absolute Gasteiger partial charge is 0.481 e. The fourth-order valence-corrected chi connectivity index (χ4v) is 1.72. The van der Waals surface area contributed by atoms with Crippen molar-refractivity contribution in [2.45, 2.75) is 45.6 Å². The van der Waals surface area contributed by atoms with Crippen molar-refractivity contribution in [1.29, 1.82) is 0 Å². The molecule has 108 valence electrons. The molecule has 3 nitrogen and oxygen atoms in total. The third kappa shape index (κ3) is 7.19. The van der Waals surface area contributed by atoms with Crippen molar-refractivity contribution in [3.8, 4) is 0 Å². The number of carbonyl (C=O) groups is 1. The van der Waals surface area contributed by atoms with Crippen LogP contribution in [-0.2, 0) is 16.8 Å². The van der Waals surface area contributed by atoms with Gasteiger partial charge in [-0.3, -0.25) is 4.79 Å². The van der Waals surface area contributed by atoms with Crippen molar-refractivity contribution < 1.29 is 9.90 Å². The van der Waals surface area contributed by atoms with Crippen LogP contribution in [0.1, 0.15) is 44.7 Å². The maximum Gasteiger partial charge on any atom is 0.303 e. The van der Waals surface area contributed by atoms with E-state index in [0.717, 1.165) is 13.1 Å². The van der Waals surface area contributed by atoms with Crippen LogP contribution in [-0.4, -0.2) is 17.6 Å². The molecule has 1 rings (SSSR count). The summed E-state index contributed by atoms with van der Waals surface area (Å²) < 4.78 is 0. The molecular formula is C15H24ClNO2. The maximum absolute atomic E-state index is 10.3. The predicted molar refractivity (Wildman–Crippen MR) is 81.0 cm³/mol. The minimum absolute atomic E-state index is 0. The Hall–Kier alpha value is -1.06. The molecular weight excluding hydrogens is 262 g/mol. The molecule has 4 heteroatoms. The molecule has 0 fully saturated rings. The quantitative estimate of drug-likeness (QED) is 0.788. The molecule has 0 saturated heterocycles. The van der Waals surface area contributed by atoms with Gasteiger partial charge in [-0.1, -0.05) is 45.0 Å². The number of hydrogen-bond donors (Lipinski definition) is 2. The molecule has 19 heavy (non-hydrogen) atoms. The summed E-state index contributed by atoms with van der Waals surface area (Å²) in [6.45, 7) is 8.14. The van der Waals surface area contributed by atoms with Crippen molar-refractivity contribution >= 4 is 18.4 Å². The summed E-state index contributed by atoms with van der Waals surface area (Å²) in [5.41, 5.74) is 2.75. The summed E-state index contributed by atoms with van der Waals surface area (Å²) in [5.74, 6) is -0.730. The van der Waals surface area contributed by atoms with E-state index in [-0.39, 0.29) is 24.2 Å². The Morgan fingerprint density at radius 1 is 1.21 bits per heavy atom. The van der Waals surface area contributed by atoms with Crippen LogP contribution < -0.4 is 5.32 Å². The molecule has 0 spiro atoms. The first-order valence-electron chi connectivity index (χ1n) is 6.41. The van der Waals surface area contributed by atoms with Gasteiger partial charge in [0, 0.05) is 13.0 Å². The Morgan fingerprint density at radius 3 is 2.26 bits per heavy atom. The highest BCUT2D eigenvalue weighted by Crippen LogP contribution is 2.22. The second kappa shape index (κ2) is 8.18. The molecule has 0 amide bonds. The number of carboxylic acids is 1. The van der Waals surface area contributed by atoms with Crippen LogP contribution in [0.25, 0.3) is 0 Å². The standard InChI is InChI=1S/C15H23NO2.ClH/c1-15(2,3)13-8-6-12(7-9-13)11-16-10-4-5-14(17)18;/h6-9,16H,4-5,10-11H2,1-3H3,(H,17,18);1H. The molecule has 0 aromatic heterocycles. The molecule has 0 heterocycles. The lowest BCUT2D eigenvalue weighted by Crippen LogP contribution is -2.16. The third-order valence-corrected chi connectivity index (χ3v) is 2.89. The Labute approximate surface area is 121 Å². The molecule has 1 aromatic rings. The van der Waals surface area contributed by atoms with Crippen molar-refractivity contribution in [2.24, 2.45) is 0 Å². The highest BCUT2D eigenvalue weighted by Gasteiger charge is 2.12. The fourth-order valence-electron chi connectivity index (χ4n) is 1.72. The molecule has 0 aliphatic carbocycles. The monoisotopic (exact) mass is 285 g/mol. The molecule has 0 bridgehead atoms. The second-order valence-corrected chi connectivity index (χ2v) is 5.62. The summed E-state index contributed by atoms with van der Waals surface area (Å²) in [4.78, 5) is 10.3. The molecule has 0 aliphatic rings. The number of benzene rings is 1. The Kier molecular flexibility index (Phi) is 7.72. The van der Waals surface area contributed by atoms with Gasteiger partial charge in [-0.2, -0.15) is 0 Å². The summed E-state index contributed by atoms with van der Waals surface area (Å²) >= 11 is 0. The van der Waals surface area contributed by atoms with Crippen LogP contribution in [0.3, 0.4) is 0 Å². The number of aliphatic carboxylic acids is 1. The van der Waals surface area contributed by atoms with E-state index in [0.29, 0.717) is 6.42 Å². The number of nitrogens with one attached hydrogen (secondary N) is 1. The lowest BCUT2D eigenvalue weighted by molar-refractivity contribution is -0.137. The zero-order valence-corrected chi connectivity index (χ0v) is 12.7. The van der Waals surface area contributed by atoms with Crippen LogP contribution in [0, 0.1) is 0 Å². The molecule has 0 aliphatic heterocycles. The van der Waals surface area contributed by atoms with E-state index in [1.54, 1.807) is 0 Å². The summed E-state index contributed by atoms with van der Waals surface area (Å²) in [6, 6.07) is 8.58. The van der Waals surface area contributed by atoms with Gasteiger partial charge in [-0.05, 0) is 29.5 Å². The summed E-state index contributed by atoms with van der Waals surface area (Å²) in [7, 11) is 0. The van der Waals surface area contributed by atoms with Crippen molar-refractivity contribution in [3.05, 3.63) is 35.4 Å². The van der Waals surface area contributed by atoms with Crippen LogP contribution in [0.15, 0.2) is 24.3 Å². The van der Waals surface area contributed by atoms with Crippen LogP contribution in [0.4, 0.5) is 0 Å². The number of rotatable bonds is 6. The van der Waals surface area contributed by atoms with Gasteiger partial charge >= 0.3 is 5.97 Å². The predicted octanol–water partition coefficient (Wildman–Crippen LogP) is 3.36. The van der Waals surface area contributed by atoms with Crippen LogP contribution in [0.2, 0.25) is 0 Å². The Balaban J connectivity index is 0.00000324. The zero-order valence-electron chi connectivity index (χ0n) is 11.9. The second-order valence-electron chi connectivity index (χ2n) is 5.62. The van der Waals surface area contributed by atoms with Gasteiger partial charge in [-0.15, -0.1) is 12.4 Å². The molecule has 0 unspecified atom stereocenters. The highest BCUT2D eigenvalue weighted by molar-refractivity contribution is 5.85. The molecule has 0 saturated carbocycles. The van der Waals surface area contributed by atoms with Gasteiger partial charge in [-0.25, -0.2) is 0 Å². The Morgan fingerprint density at radius 2 is 1.79 bits per heavy atom. The lowest BCUT2D eigenvalue weighted by atomic mass is 9.87. The number of halogens is 1. The van der Waals surface area contributed by atoms with Crippen LogP contribution in [0.5, 0.6) is 0 Å². The van der Waals surface area contributed by atoms with E-state index in [9.17, 15) is 4.79 Å². The van der Waals surface area contributed by atoms with E-state index < -0.39 is 5.97 Å². The van der Waals surface area contributed by atoms with Gasteiger partial charge in [0.15, 0.2) is 0 Å². The number of hydrogen-bond acceptors (Lipinski definition) is 2. The highest BCUT2D eigenvalue weighted by atomic mass is 35.5. The fraction of sp³-hybridized carbons (Fsp3) is 0.533. The maximum atomic E-state index is 10.3. The number of carboxylic acid groups (broad SMARTS) is 1. The van der Waals surface area contributed by atoms with Gasteiger partial charge in [0.05, 0.1) is 0 Å². The minimum atomic E-state index is -0.730. The van der Waals surface area contributed by atoms with E-state index in [4.69, 9.17) is 5.11 Å². The third-order valence-electron chi connectivity index (χ3n) is 2.89. The first kappa shape index (κ1) is 17.9. The molecule has 1 aromatic carbocycles. The smallest absolute Gasteiger partial charge is 0.303 e. The van der Waals surface area contributed by atoms with Crippen molar-refractivity contribution in [3.63, 3.8) is 0 Å². The van der Waals surface area contributed by atoms with Gasteiger partial charge in [0.1, 0.15) is 0 Å². The van der Waals surface area contributed by atoms with E-state index in [1.807, 2.05) is 0 Å². The molecule has 2 N–H and O–H groups in total. The van der Waals surface area contributed by atoms with E-state index in [1.165, 1.54) is 11.1 Å². The average molecular weight is 286 g/mol. The van der Waals surface area contributed by atoms with Crippen LogP contribution >= 0.6 is 12.4 Å². The topological polar surface area (TPSA) is 49.3 Å². The van der Waals surface area contributed by atoms with Gasteiger partial charge in [0.2, 0.25) is 0 Å². The van der Waals surface area contributed by atoms with Crippen molar-refractivity contribution in [2.75, 3.05) is 6.54 Å². The summed E-state index contributed by atoms with van der Waals surface area (Å²) in [6.07, 6.45) is 0.908. The summed E-state index contributed by atoms with van der Waals surface area (Å²) in [5, 5.41) is 11.8. The first-order valence-corrected chi connectivity index (χ1v) is 6.41. The van der Waals surface area contributed by atoms with Crippen molar-refractivity contribution in [1.82, 2.24) is 5.32 Å². The Bertz CT molecular complexity index is 382. The van der Waals surface area contributed by atoms with E-state index in [2.05, 4.69) is 50.4 Å². The minimum Gasteiger partial charge on any atom is -0.481 e. The lowest BCUT2D eigenvalue weighted by Gasteiger charge is -2.19.